The van der Waals surface area contributed by atoms with E-state index in [1.807, 2.05) is 12.1 Å². The molecular weight excluding hydrogens is 272 g/mol. The third-order valence-corrected chi connectivity index (χ3v) is 2.83. The molecule has 16 heavy (non-hydrogen) atoms. The van der Waals surface area contributed by atoms with E-state index in [-0.39, 0.29) is 5.56 Å². The van der Waals surface area contributed by atoms with E-state index < -0.39 is 0 Å². The zero-order valence-corrected chi connectivity index (χ0v) is 10.1. The van der Waals surface area contributed by atoms with Crippen LogP contribution < -0.4 is 10.3 Å². The molecule has 1 aromatic heterocycles. The Bertz CT molecular complexity index is 566. The van der Waals surface area contributed by atoms with Crippen LogP contribution in [0.25, 0.3) is 11.3 Å². The van der Waals surface area contributed by atoms with Crippen LogP contribution >= 0.6 is 15.9 Å². The van der Waals surface area contributed by atoms with Crippen molar-refractivity contribution in [3.8, 4) is 17.0 Å². The predicted octanol–water partition coefficient (Wildman–Crippen LogP) is 2.21. The highest BCUT2D eigenvalue weighted by molar-refractivity contribution is 9.10. The Balaban J connectivity index is 2.64. The minimum absolute atomic E-state index is 0.226. The van der Waals surface area contributed by atoms with Gasteiger partial charge in [-0.15, -0.1) is 0 Å². The van der Waals surface area contributed by atoms with Gasteiger partial charge in [-0.3, -0.25) is 4.79 Å². The molecule has 0 aliphatic heterocycles. The normalized spacial score (nSPS) is 10.1. The van der Waals surface area contributed by atoms with Gasteiger partial charge in [0.2, 0.25) is 0 Å². The first-order chi connectivity index (χ1) is 7.72. The third kappa shape index (κ3) is 1.99. The topological polar surface area (TPSA) is 55.0 Å². The minimum Gasteiger partial charge on any atom is -0.497 e. The predicted molar refractivity (Wildman–Crippen MR) is 64.5 cm³/mol. The van der Waals surface area contributed by atoms with Crippen LogP contribution in [0.15, 0.2) is 39.9 Å². The summed E-state index contributed by atoms with van der Waals surface area (Å²) in [6.45, 7) is 0. The molecule has 1 heterocycles. The highest BCUT2D eigenvalue weighted by atomic mass is 79.9. The number of hydrogen-bond acceptors (Lipinski definition) is 3. The second-order valence-electron chi connectivity index (χ2n) is 3.11. The SMILES string of the molecule is COc1ccc(Br)c(-c2ncc[nH]c2=O)c1. The van der Waals surface area contributed by atoms with Crippen molar-refractivity contribution in [2.24, 2.45) is 0 Å². The molecular formula is C11H9BrN2O2. The van der Waals surface area contributed by atoms with Gasteiger partial charge in [-0.25, -0.2) is 4.98 Å². The van der Waals surface area contributed by atoms with Gasteiger partial charge in [0.05, 0.1) is 7.11 Å². The van der Waals surface area contributed by atoms with Crippen molar-refractivity contribution in [2.75, 3.05) is 7.11 Å². The van der Waals surface area contributed by atoms with Crippen molar-refractivity contribution in [3.63, 3.8) is 0 Å². The van der Waals surface area contributed by atoms with Gasteiger partial charge in [-0.05, 0) is 18.2 Å². The fourth-order valence-corrected chi connectivity index (χ4v) is 1.79. The van der Waals surface area contributed by atoms with E-state index in [4.69, 9.17) is 4.74 Å². The van der Waals surface area contributed by atoms with Crippen molar-refractivity contribution in [2.45, 2.75) is 0 Å². The van der Waals surface area contributed by atoms with E-state index in [0.717, 1.165) is 4.47 Å². The maximum Gasteiger partial charge on any atom is 0.274 e. The lowest BCUT2D eigenvalue weighted by atomic mass is 10.1. The van der Waals surface area contributed by atoms with Gasteiger partial charge in [0, 0.05) is 22.4 Å². The van der Waals surface area contributed by atoms with Crippen molar-refractivity contribution < 1.29 is 4.74 Å². The molecule has 0 amide bonds. The molecule has 2 rings (SSSR count). The number of H-pyrrole nitrogens is 1. The Morgan fingerprint density at radius 2 is 2.25 bits per heavy atom. The molecule has 82 valence electrons. The number of rotatable bonds is 2. The average Bonchev–Trinajstić information content (AvgIpc) is 2.31. The summed E-state index contributed by atoms with van der Waals surface area (Å²) >= 11 is 3.38. The monoisotopic (exact) mass is 280 g/mol. The summed E-state index contributed by atoms with van der Waals surface area (Å²) in [5.41, 5.74) is 0.853. The molecule has 0 radical (unpaired) electrons. The highest BCUT2D eigenvalue weighted by Crippen LogP contribution is 2.28. The summed E-state index contributed by atoms with van der Waals surface area (Å²) in [6, 6.07) is 5.40. The second kappa shape index (κ2) is 4.49. The Labute approximate surface area is 100 Å². The number of nitrogens with one attached hydrogen (secondary N) is 1. The van der Waals surface area contributed by atoms with Crippen LogP contribution in [0.5, 0.6) is 5.75 Å². The minimum atomic E-state index is -0.226. The highest BCUT2D eigenvalue weighted by Gasteiger charge is 2.09. The molecule has 0 saturated carbocycles. The second-order valence-corrected chi connectivity index (χ2v) is 3.97. The summed E-state index contributed by atoms with van der Waals surface area (Å²) in [5, 5.41) is 0. The molecule has 0 aliphatic rings. The largest absolute Gasteiger partial charge is 0.497 e. The van der Waals surface area contributed by atoms with E-state index in [1.54, 1.807) is 19.4 Å². The zero-order valence-electron chi connectivity index (χ0n) is 8.53. The summed E-state index contributed by atoms with van der Waals surface area (Å²) in [6.07, 6.45) is 3.04. The number of methoxy groups -OCH3 is 1. The van der Waals surface area contributed by atoms with Gasteiger partial charge < -0.3 is 9.72 Å². The molecule has 1 N–H and O–H groups in total. The molecule has 0 unspecified atom stereocenters. The molecule has 2 aromatic rings. The maximum absolute atomic E-state index is 11.6. The van der Waals surface area contributed by atoms with E-state index >= 15 is 0 Å². The Morgan fingerprint density at radius 3 is 2.94 bits per heavy atom. The lowest BCUT2D eigenvalue weighted by molar-refractivity contribution is 0.415. The number of halogens is 1. The van der Waals surface area contributed by atoms with Crippen LogP contribution in [0.2, 0.25) is 0 Å². The van der Waals surface area contributed by atoms with Crippen molar-refractivity contribution in [3.05, 3.63) is 45.4 Å². The lowest BCUT2D eigenvalue weighted by Crippen LogP contribution is -2.09. The van der Waals surface area contributed by atoms with Gasteiger partial charge in [0.1, 0.15) is 11.4 Å². The van der Waals surface area contributed by atoms with Crippen LogP contribution in [0.1, 0.15) is 0 Å². The Morgan fingerprint density at radius 1 is 1.44 bits per heavy atom. The quantitative estimate of drug-likeness (QED) is 0.918. The smallest absolute Gasteiger partial charge is 0.274 e. The third-order valence-electron chi connectivity index (χ3n) is 2.14. The van der Waals surface area contributed by atoms with Gasteiger partial charge >= 0.3 is 0 Å². The molecule has 5 heteroatoms. The van der Waals surface area contributed by atoms with Crippen LogP contribution in [0, 0.1) is 0 Å². The Kier molecular flexibility index (Phi) is 3.05. The molecule has 0 spiro atoms. The first kappa shape index (κ1) is 10.9. The molecule has 0 fully saturated rings. The van der Waals surface area contributed by atoms with Gasteiger partial charge in [-0.1, -0.05) is 15.9 Å². The number of aromatic amines is 1. The average molecular weight is 281 g/mol. The molecule has 0 atom stereocenters. The van der Waals surface area contributed by atoms with Gasteiger partial charge in [0.25, 0.3) is 5.56 Å². The fourth-order valence-electron chi connectivity index (χ4n) is 1.36. The van der Waals surface area contributed by atoms with Crippen LogP contribution in [0.3, 0.4) is 0 Å². The number of aromatic nitrogens is 2. The van der Waals surface area contributed by atoms with Crippen molar-refractivity contribution >= 4 is 15.9 Å². The molecule has 0 bridgehead atoms. The summed E-state index contributed by atoms with van der Waals surface area (Å²) in [7, 11) is 1.58. The summed E-state index contributed by atoms with van der Waals surface area (Å²) in [4.78, 5) is 18.2. The molecule has 1 aromatic carbocycles. The standard InChI is InChI=1S/C11H9BrN2O2/c1-16-7-2-3-9(12)8(6-7)10-11(15)14-5-4-13-10/h2-6H,1H3,(H,14,15). The first-order valence-electron chi connectivity index (χ1n) is 4.60. The number of ether oxygens (including phenoxy) is 1. The first-order valence-corrected chi connectivity index (χ1v) is 5.39. The van der Waals surface area contributed by atoms with Crippen LogP contribution in [0.4, 0.5) is 0 Å². The molecule has 0 saturated heterocycles. The van der Waals surface area contributed by atoms with Gasteiger partial charge in [0.15, 0.2) is 0 Å². The summed E-state index contributed by atoms with van der Waals surface area (Å²) < 4.78 is 5.91. The van der Waals surface area contributed by atoms with Crippen LogP contribution in [-0.4, -0.2) is 17.1 Å². The van der Waals surface area contributed by atoms with E-state index in [1.165, 1.54) is 6.20 Å². The van der Waals surface area contributed by atoms with E-state index in [2.05, 4.69) is 25.9 Å². The van der Waals surface area contributed by atoms with Crippen molar-refractivity contribution in [1.82, 2.24) is 9.97 Å². The zero-order chi connectivity index (χ0) is 11.5. The van der Waals surface area contributed by atoms with Crippen LogP contribution in [-0.2, 0) is 0 Å². The fraction of sp³-hybridized carbons (Fsp3) is 0.0909. The summed E-state index contributed by atoms with van der Waals surface area (Å²) in [5.74, 6) is 0.684. The number of nitrogens with zero attached hydrogens (tertiary/aromatic N) is 1. The lowest BCUT2D eigenvalue weighted by Gasteiger charge is -2.05. The molecule has 0 aliphatic carbocycles. The number of hydrogen-bond donors (Lipinski definition) is 1. The van der Waals surface area contributed by atoms with E-state index in [0.29, 0.717) is 17.0 Å². The Hall–Kier alpha value is -1.62. The maximum atomic E-state index is 11.6. The van der Waals surface area contributed by atoms with Gasteiger partial charge in [-0.2, -0.15) is 0 Å². The van der Waals surface area contributed by atoms with E-state index in [9.17, 15) is 4.79 Å². The number of benzene rings is 1. The van der Waals surface area contributed by atoms with Crippen molar-refractivity contribution in [1.29, 1.82) is 0 Å². The molecule has 4 nitrogen and oxygen atoms in total.